The minimum absolute atomic E-state index is 0.462. The molecule has 3 rings (SSSR count). The van der Waals surface area contributed by atoms with Crippen molar-refractivity contribution < 1.29 is 0 Å². The summed E-state index contributed by atoms with van der Waals surface area (Å²) in [5, 5.41) is 4.42. The van der Waals surface area contributed by atoms with Gasteiger partial charge in [0.05, 0.1) is 0 Å². The molecule has 1 heterocycles. The number of piperidine rings is 1. The predicted octanol–water partition coefficient (Wildman–Crippen LogP) is 4.61. The number of benzene rings is 1. The van der Waals surface area contributed by atoms with Gasteiger partial charge in [0.2, 0.25) is 0 Å². The Bertz CT molecular complexity index is 423. The fourth-order valence-electron chi connectivity index (χ4n) is 3.86. The van der Waals surface area contributed by atoms with Crippen LogP contribution in [0.5, 0.6) is 0 Å². The van der Waals surface area contributed by atoms with Gasteiger partial charge in [-0.05, 0) is 48.4 Å². The van der Waals surface area contributed by atoms with Crippen molar-refractivity contribution in [2.24, 2.45) is 11.3 Å². The Balaban J connectivity index is 1.81. The van der Waals surface area contributed by atoms with Crippen LogP contribution in [0, 0.1) is 11.3 Å². The van der Waals surface area contributed by atoms with Gasteiger partial charge in [-0.1, -0.05) is 49.9 Å². The summed E-state index contributed by atoms with van der Waals surface area (Å²) < 4.78 is 0. The summed E-state index contributed by atoms with van der Waals surface area (Å²) in [6, 6.07) is 8.52. The molecule has 0 aromatic heterocycles. The van der Waals surface area contributed by atoms with Crippen molar-refractivity contribution in [3.63, 3.8) is 0 Å². The maximum Gasteiger partial charge on any atom is 0.0406 e. The second-order valence-electron chi connectivity index (χ2n) is 6.71. The van der Waals surface area contributed by atoms with E-state index in [4.69, 9.17) is 11.6 Å². The molecule has 1 aromatic rings. The van der Waals surface area contributed by atoms with Gasteiger partial charge in [0.15, 0.2) is 0 Å². The Morgan fingerprint density at radius 1 is 1.26 bits per heavy atom. The van der Waals surface area contributed by atoms with E-state index >= 15 is 0 Å². The molecule has 1 N–H and O–H groups in total. The van der Waals surface area contributed by atoms with Crippen LogP contribution in [0.1, 0.15) is 50.5 Å². The van der Waals surface area contributed by atoms with Crippen LogP contribution in [0.4, 0.5) is 0 Å². The van der Waals surface area contributed by atoms with E-state index in [1.807, 2.05) is 12.1 Å². The first-order chi connectivity index (χ1) is 9.17. The zero-order valence-corrected chi connectivity index (χ0v) is 12.5. The molecule has 19 heavy (non-hydrogen) atoms. The Morgan fingerprint density at radius 3 is 2.63 bits per heavy atom. The average molecular weight is 278 g/mol. The maximum absolute atomic E-state index is 6.02. The van der Waals surface area contributed by atoms with E-state index in [0.29, 0.717) is 11.3 Å². The van der Waals surface area contributed by atoms with Gasteiger partial charge >= 0.3 is 0 Å². The predicted molar refractivity (Wildman–Crippen MR) is 81.7 cm³/mol. The van der Waals surface area contributed by atoms with Gasteiger partial charge in [0.25, 0.3) is 0 Å². The van der Waals surface area contributed by atoms with Crippen molar-refractivity contribution in [2.45, 2.75) is 44.9 Å². The van der Waals surface area contributed by atoms with Crippen LogP contribution in [-0.4, -0.2) is 13.1 Å². The Kier molecular flexibility index (Phi) is 3.86. The van der Waals surface area contributed by atoms with E-state index in [2.05, 4.69) is 24.4 Å². The van der Waals surface area contributed by atoms with Crippen LogP contribution in [0.15, 0.2) is 24.3 Å². The second kappa shape index (κ2) is 5.46. The molecule has 1 aromatic carbocycles. The average Bonchev–Trinajstić information content (AvgIpc) is 2.36. The number of nitrogens with one attached hydrogen (secondary N) is 1. The SMILES string of the molecule is CC1(CC2CCC2)CCNCC1c1ccc(Cl)cc1. The van der Waals surface area contributed by atoms with Gasteiger partial charge in [-0.25, -0.2) is 0 Å². The van der Waals surface area contributed by atoms with Gasteiger partial charge in [-0.2, -0.15) is 0 Å². The molecule has 2 heteroatoms. The van der Waals surface area contributed by atoms with Crippen LogP contribution in [-0.2, 0) is 0 Å². The molecule has 2 aliphatic rings. The third-order valence-corrected chi connectivity index (χ3v) is 5.57. The van der Waals surface area contributed by atoms with Crippen LogP contribution < -0.4 is 5.32 Å². The Hall–Kier alpha value is -0.530. The molecule has 1 nitrogen and oxygen atoms in total. The lowest BCUT2D eigenvalue weighted by atomic mass is 9.62. The Morgan fingerprint density at radius 2 is 2.00 bits per heavy atom. The van der Waals surface area contributed by atoms with Crippen molar-refractivity contribution in [2.75, 3.05) is 13.1 Å². The van der Waals surface area contributed by atoms with Gasteiger partial charge in [-0.15, -0.1) is 0 Å². The molecule has 1 saturated carbocycles. The fraction of sp³-hybridized carbons (Fsp3) is 0.647. The maximum atomic E-state index is 6.02. The number of halogens is 1. The highest BCUT2D eigenvalue weighted by atomic mass is 35.5. The number of hydrogen-bond acceptors (Lipinski definition) is 1. The van der Waals surface area contributed by atoms with Crippen LogP contribution in [0.3, 0.4) is 0 Å². The lowest BCUT2D eigenvalue weighted by Crippen LogP contribution is -2.43. The van der Waals surface area contributed by atoms with E-state index in [9.17, 15) is 0 Å². The van der Waals surface area contributed by atoms with Crippen LogP contribution in [0.2, 0.25) is 5.02 Å². The van der Waals surface area contributed by atoms with Gasteiger partial charge < -0.3 is 5.32 Å². The molecule has 0 amide bonds. The molecule has 2 fully saturated rings. The topological polar surface area (TPSA) is 12.0 Å². The first-order valence-corrected chi connectivity index (χ1v) is 8.01. The van der Waals surface area contributed by atoms with Crippen molar-refractivity contribution in [3.05, 3.63) is 34.9 Å². The van der Waals surface area contributed by atoms with Gasteiger partial charge in [0, 0.05) is 17.5 Å². The van der Waals surface area contributed by atoms with E-state index in [0.717, 1.165) is 17.5 Å². The molecular weight excluding hydrogens is 254 g/mol. The normalized spacial score (nSPS) is 32.0. The van der Waals surface area contributed by atoms with Crippen LogP contribution >= 0.6 is 11.6 Å². The molecule has 0 spiro atoms. The van der Waals surface area contributed by atoms with Crippen molar-refractivity contribution in [1.82, 2.24) is 5.32 Å². The molecule has 2 unspecified atom stereocenters. The van der Waals surface area contributed by atoms with Crippen molar-refractivity contribution in [3.8, 4) is 0 Å². The van der Waals surface area contributed by atoms with Gasteiger partial charge in [-0.3, -0.25) is 0 Å². The highest BCUT2D eigenvalue weighted by molar-refractivity contribution is 6.30. The molecule has 0 radical (unpaired) electrons. The lowest BCUT2D eigenvalue weighted by Gasteiger charge is -2.46. The third kappa shape index (κ3) is 2.83. The smallest absolute Gasteiger partial charge is 0.0406 e. The van der Waals surface area contributed by atoms with E-state index in [-0.39, 0.29) is 0 Å². The fourth-order valence-corrected chi connectivity index (χ4v) is 3.98. The minimum Gasteiger partial charge on any atom is -0.316 e. The molecule has 1 saturated heterocycles. The molecule has 1 aliphatic heterocycles. The first-order valence-electron chi connectivity index (χ1n) is 7.63. The summed E-state index contributed by atoms with van der Waals surface area (Å²) in [6.45, 7) is 4.80. The van der Waals surface area contributed by atoms with Crippen molar-refractivity contribution in [1.29, 1.82) is 0 Å². The van der Waals surface area contributed by atoms with Crippen LogP contribution in [0.25, 0.3) is 0 Å². The summed E-state index contributed by atoms with van der Waals surface area (Å²) in [6.07, 6.45) is 7.07. The first kappa shape index (κ1) is 13.5. The summed E-state index contributed by atoms with van der Waals surface area (Å²) in [4.78, 5) is 0. The van der Waals surface area contributed by atoms with E-state index in [1.165, 1.54) is 44.2 Å². The lowest BCUT2D eigenvalue weighted by molar-refractivity contribution is 0.111. The van der Waals surface area contributed by atoms with E-state index in [1.54, 1.807) is 0 Å². The summed E-state index contributed by atoms with van der Waals surface area (Å²) in [5.41, 5.74) is 1.92. The zero-order valence-electron chi connectivity index (χ0n) is 11.8. The Labute approximate surface area is 121 Å². The third-order valence-electron chi connectivity index (χ3n) is 5.31. The summed E-state index contributed by atoms with van der Waals surface area (Å²) in [5.74, 6) is 1.62. The summed E-state index contributed by atoms with van der Waals surface area (Å²) in [7, 11) is 0. The molecule has 1 aliphatic carbocycles. The standard InChI is InChI=1S/C17H24ClN/c1-17(11-13-3-2-4-13)9-10-19-12-16(17)14-5-7-15(18)8-6-14/h5-8,13,16,19H,2-4,9-12H2,1H3. The zero-order chi connectivity index (χ0) is 13.3. The van der Waals surface area contributed by atoms with E-state index < -0.39 is 0 Å². The number of rotatable bonds is 3. The largest absolute Gasteiger partial charge is 0.316 e. The quantitative estimate of drug-likeness (QED) is 0.850. The molecule has 104 valence electrons. The monoisotopic (exact) mass is 277 g/mol. The number of hydrogen-bond donors (Lipinski definition) is 1. The highest BCUT2D eigenvalue weighted by Gasteiger charge is 2.40. The van der Waals surface area contributed by atoms with Crippen molar-refractivity contribution >= 4 is 11.6 Å². The summed E-state index contributed by atoms with van der Waals surface area (Å²) >= 11 is 6.02. The molecule has 2 atom stereocenters. The minimum atomic E-state index is 0.462. The second-order valence-corrected chi connectivity index (χ2v) is 7.15. The highest BCUT2D eigenvalue weighted by Crippen LogP contribution is 2.48. The van der Waals surface area contributed by atoms with Gasteiger partial charge in [0.1, 0.15) is 0 Å². The molecule has 0 bridgehead atoms. The molecular formula is C17H24ClN.